The summed E-state index contributed by atoms with van der Waals surface area (Å²) in [6.45, 7) is 8.81. The highest BCUT2D eigenvalue weighted by molar-refractivity contribution is 5.96. The van der Waals surface area contributed by atoms with Crippen LogP contribution in [0.25, 0.3) is 0 Å². The normalized spacial score (nSPS) is 26.5. The first-order valence-corrected chi connectivity index (χ1v) is 11.2. The van der Waals surface area contributed by atoms with Gasteiger partial charge in [-0.2, -0.15) is 0 Å². The summed E-state index contributed by atoms with van der Waals surface area (Å²) in [5.74, 6) is 1.17. The zero-order valence-corrected chi connectivity index (χ0v) is 17.3. The van der Waals surface area contributed by atoms with Crippen molar-refractivity contribution in [2.45, 2.75) is 64.0 Å². The standard InChI is InChI=1S/C23H35N3O2/c1-19-6-4-15-25(19)16-5-17-28-22-10-7-20(8-11-22)26-21(9-12-23(26)27)18-24-13-2-3-14-24/h7-8,10-11,19,21H,2-6,9,12-18H2,1H3/t19-,21?/m0/s1. The highest BCUT2D eigenvalue weighted by Gasteiger charge is 2.33. The minimum absolute atomic E-state index is 0.262. The monoisotopic (exact) mass is 385 g/mol. The minimum atomic E-state index is 0.262. The van der Waals surface area contributed by atoms with E-state index in [4.69, 9.17) is 4.74 Å². The van der Waals surface area contributed by atoms with Crippen LogP contribution in [0.1, 0.15) is 51.9 Å². The van der Waals surface area contributed by atoms with Gasteiger partial charge in [-0.05, 0) is 89.3 Å². The average Bonchev–Trinajstić information content (AvgIpc) is 3.43. The Morgan fingerprint density at radius 1 is 1.04 bits per heavy atom. The molecule has 154 valence electrons. The van der Waals surface area contributed by atoms with E-state index < -0.39 is 0 Å². The number of hydrogen-bond donors (Lipinski definition) is 0. The quantitative estimate of drug-likeness (QED) is 0.642. The Morgan fingerprint density at radius 3 is 2.54 bits per heavy atom. The Labute approximate surface area is 169 Å². The van der Waals surface area contributed by atoms with Crippen LogP contribution in [0.4, 0.5) is 5.69 Å². The molecule has 3 fully saturated rings. The number of benzene rings is 1. The second-order valence-electron chi connectivity index (χ2n) is 8.69. The predicted octanol–water partition coefficient (Wildman–Crippen LogP) is 3.53. The molecule has 3 aliphatic rings. The lowest BCUT2D eigenvalue weighted by molar-refractivity contribution is -0.117. The van der Waals surface area contributed by atoms with E-state index in [2.05, 4.69) is 28.9 Å². The fourth-order valence-corrected chi connectivity index (χ4v) is 5.02. The number of likely N-dealkylation sites (tertiary alicyclic amines) is 2. The van der Waals surface area contributed by atoms with E-state index in [1.165, 1.54) is 45.3 Å². The molecule has 0 N–H and O–H groups in total. The zero-order chi connectivity index (χ0) is 19.3. The number of anilines is 1. The van der Waals surface area contributed by atoms with Crippen molar-refractivity contribution in [2.24, 2.45) is 0 Å². The van der Waals surface area contributed by atoms with Crippen molar-refractivity contribution in [1.29, 1.82) is 0 Å². The van der Waals surface area contributed by atoms with Crippen LogP contribution in [0.5, 0.6) is 5.75 Å². The van der Waals surface area contributed by atoms with Crippen molar-refractivity contribution in [3.63, 3.8) is 0 Å². The Morgan fingerprint density at radius 2 is 1.82 bits per heavy atom. The summed E-state index contributed by atoms with van der Waals surface area (Å²) >= 11 is 0. The molecule has 0 aliphatic carbocycles. The summed E-state index contributed by atoms with van der Waals surface area (Å²) in [6.07, 6.45) is 7.96. The molecule has 5 nitrogen and oxygen atoms in total. The molecule has 28 heavy (non-hydrogen) atoms. The van der Waals surface area contributed by atoms with Crippen LogP contribution >= 0.6 is 0 Å². The average molecular weight is 386 g/mol. The maximum absolute atomic E-state index is 12.5. The smallest absolute Gasteiger partial charge is 0.227 e. The number of rotatable bonds is 8. The fourth-order valence-electron chi connectivity index (χ4n) is 5.02. The van der Waals surface area contributed by atoms with Crippen molar-refractivity contribution in [3.8, 4) is 5.75 Å². The van der Waals surface area contributed by atoms with Crippen LogP contribution in [-0.2, 0) is 4.79 Å². The molecule has 2 atom stereocenters. The van der Waals surface area contributed by atoms with Crippen molar-refractivity contribution < 1.29 is 9.53 Å². The molecule has 3 heterocycles. The van der Waals surface area contributed by atoms with E-state index in [0.717, 1.165) is 50.0 Å². The first-order valence-electron chi connectivity index (χ1n) is 11.2. The minimum Gasteiger partial charge on any atom is -0.494 e. The summed E-state index contributed by atoms with van der Waals surface area (Å²) in [5, 5.41) is 0. The molecule has 3 saturated heterocycles. The molecule has 1 aromatic rings. The molecule has 1 unspecified atom stereocenters. The third-order valence-corrected chi connectivity index (χ3v) is 6.66. The van der Waals surface area contributed by atoms with Gasteiger partial charge in [0, 0.05) is 31.2 Å². The number of nitrogens with zero attached hydrogens (tertiary/aromatic N) is 3. The second kappa shape index (κ2) is 9.27. The third kappa shape index (κ3) is 4.69. The van der Waals surface area contributed by atoms with Gasteiger partial charge in [0.2, 0.25) is 5.91 Å². The number of ether oxygens (including phenoxy) is 1. The van der Waals surface area contributed by atoms with Crippen LogP contribution in [-0.4, -0.2) is 67.1 Å². The molecule has 5 heteroatoms. The SMILES string of the molecule is C[C@H]1CCCN1CCCOc1ccc(N2C(=O)CCC2CN2CCCC2)cc1. The molecule has 0 spiro atoms. The highest BCUT2D eigenvalue weighted by atomic mass is 16.5. The topological polar surface area (TPSA) is 36.0 Å². The number of hydrogen-bond acceptors (Lipinski definition) is 4. The van der Waals surface area contributed by atoms with Gasteiger partial charge in [-0.1, -0.05) is 0 Å². The van der Waals surface area contributed by atoms with Gasteiger partial charge in [0.25, 0.3) is 0 Å². The second-order valence-corrected chi connectivity index (χ2v) is 8.69. The van der Waals surface area contributed by atoms with Gasteiger partial charge in [0.15, 0.2) is 0 Å². The fraction of sp³-hybridized carbons (Fsp3) is 0.696. The highest BCUT2D eigenvalue weighted by Crippen LogP contribution is 2.29. The van der Waals surface area contributed by atoms with Crippen molar-refractivity contribution in [2.75, 3.05) is 44.2 Å². The summed E-state index contributed by atoms with van der Waals surface area (Å²) in [6, 6.07) is 9.19. The molecule has 3 aliphatic heterocycles. The van der Waals surface area contributed by atoms with Gasteiger partial charge in [-0.3, -0.25) is 4.79 Å². The van der Waals surface area contributed by atoms with Crippen molar-refractivity contribution in [1.82, 2.24) is 9.80 Å². The van der Waals surface area contributed by atoms with Gasteiger partial charge in [0.1, 0.15) is 5.75 Å². The molecule has 1 amide bonds. The lowest BCUT2D eigenvalue weighted by atomic mass is 10.2. The summed E-state index contributed by atoms with van der Waals surface area (Å²) < 4.78 is 5.94. The predicted molar refractivity (Wildman–Crippen MR) is 113 cm³/mol. The largest absolute Gasteiger partial charge is 0.494 e. The summed E-state index contributed by atoms with van der Waals surface area (Å²) in [4.78, 5) is 19.6. The van der Waals surface area contributed by atoms with Gasteiger partial charge in [0.05, 0.1) is 12.6 Å². The molecule has 0 radical (unpaired) electrons. The van der Waals surface area contributed by atoms with E-state index in [9.17, 15) is 4.79 Å². The van der Waals surface area contributed by atoms with E-state index in [0.29, 0.717) is 12.5 Å². The third-order valence-electron chi connectivity index (χ3n) is 6.66. The Balaban J connectivity index is 1.27. The number of amides is 1. The lowest BCUT2D eigenvalue weighted by Crippen LogP contribution is -2.41. The molecular formula is C23H35N3O2. The van der Waals surface area contributed by atoms with Crippen molar-refractivity contribution >= 4 is 11.6 Å². The van der Waals surface area contributed by atoms with Crippen LogP contribution < -0.4 is 9.64 Å². The molecular weight excluding hydrogens is 350 g/mol. The van der Waals surface area contributed by atoms with Gasteiger partial charge in [-0.15, -0.1) is 0 Å². The maximum Gasteiger partial charge on any atom is 0.227 e. The Hall–Kier alpha value is -1.59. The first kappa shape index (κ1) is 19.7. The van der Waals surface area contributed by atoms with Crippen LogP contribution in [0.15, 0.2) is 24.3 Å². The summed E-state index contributed by atoms with van der Waals surface area (Å²) in [5.41, 5.74) is 1.02. The van der Waals surface area contributed by atoms with E-state index in [-0.39, 0.29) is 5.91 Å². The van der Waals surface area contributed by atoms with E-state index in [1.54, 1.807) is 0 Å². The molecule has 1 aromatic carbocycles. The lowest BCUT2D eigenvalue weighted by Gasteiger charge is -2.28. The van der Waals surface area contributed by atoms with Crippen LogP contribution in [0.3, 0.4) is 0 Å². The first-order chi connectivity index (χ1) is 13.7. The van der Waals surface area contributed by atoms with Crippen LogP contribution in [0, 0.1) is 0 Å². The molecule has 4 rings (SSSR count). The van der Waals surface area contributed by atoms with Gasteiger partial charge < -0.3 is 19.4 Å². The Kier molecular flexibility index (Phi) is 6.53. The molecule has 0 saturated carbocycles. The molecule has 0 aromatic heterocycles. The van der Waals surface area contributed by atoms with Crippen LogP contribution in [0.2, 0.25) is 0 Å². The number of carbonyl (C=O) groups excluding carboxylic acids is 1. The maximum atomic E-state index is 12.5. The van der Waals surface area contributed by atoms with E-state index >= 15 is 0 Å². The van der Waals surface area contributed by atoms with Crippen molar-refractivity contribution in [3.05, 3.63) is 24.3 Å². The van der Waals surface area contributed by atoms with Gasteiger partial charge in [-0.25, -0.2) is 0 Å². The number of carbonyl (C=O) groups is 1. The summed E-state index contributed by atoms with van der Waals surface area (Å²) in [7, 11) is 0. The zero-order valence-electron chi connectivity index (χ0n) is 17.3. The van der Waals surface area contributed by atoms with Gasteiger partial charge >= 0.3 is 0 Å². The van der Waals surface area contributed by atoms with E-state index in [1.807, 2.05) is 17.0 Å². The molecule has 0 bridgehead atoms. The Bertz CT molecular complexity index is 642.